The Morgan fingerprint density at radius 3 is 2.53 bits per heavy atom. The summed E-state index contributed by atoms with van der Waals surface area (Å²) in [7, 11) is 0. The van der Waals surface area contributed by atoms with Gasteiger partial charge < -0.3 is 10.4 Å². The Labute approximate surface area is 100.0 Å². The minimum absolute atomic E-state index is 0.0826. The second-order valence-corrected chi connectivity index (χ2v) is 3.60. The summed E-state index contributed by atoms with van der Waals surface area (Å²) in [5.41, 5.74) is 1.21. The molecule has 1 aromatic rings. The smallest absolute Gasteiger partial charge is 0.352 e. The summed E-state index contributed by atoms with van der Waals surface area (Å²) < 4.78 is 0. The van der Waals surface area contributed by atoms with E-state index in [2.05, 4.69) is 5.32 Å². The molecule has 17 heavy (non-hydrogen) atoms. The Bertz CT molecular complexity index is 463. The lowest BCUT2D eigenvalue weighted by molar-refractivity contribution is -0.133. The highest BCUT2D eigenvalue weighted by atomic mass is 16.4. The van der Waals surface area contributed by atoms with Gasteiger partial charge in [0.05, 0.1) is 0 Å². The van der Waals surface area contributed by atoms with E-state index in [-0.39, 0.29) is 5.70 Å². The van der Waals surface area contributed by atoms with E-state index in [1.54, 1.807) is 25.1 Å². The highest BCUT2D eigenvalue weighted by molar-refractivity contribution is 6.01. The highest BCUT2D eigenvalue weighted by Gasteiger charge is 2.13. The first kappa shape index (κ1) is 13.0. The number of rotatable bonds is 4. The standard InChI is InChI=1S/C13H15NO3/c1-3-6-11(13(16)17)14-12(15)10-8-5-4-7-9(10)2/h4-8H,3H2,1-2H3,(H,14,15)(H,16,17)/b11-6+. The molecule has 0 fully saturated rings. The van der Waals surface area contributed by atoms with Crippen molar-refractivity contribution in [3.05, 3.63) is 47.2 Å². The molecule has 1 rings (SSSR count). The number of carbonyl (C=O) groups excluding carboxylic acids is 1. The molecule has 0 heterocycles. The normalized spacial score (nSPS) is 11.1. The number of allylic oxidation sites excluding steroid dienone is 1. The van der Waals surface area contributed by atoms with Crippen LogP contribution >= 0.6 is 0 Å². The summed E-state index contributed by atoms with van der Waals surface area (Å²) in [6.45, 7) is 3.61. The maximum Gasteiger partial charge on any atom is 0.352 e. The van der Waals surface area contributed by atoms with Crippen molar-refractivity contribution < 1.29 is 14.7 Å². The van der Waals surface area contributed by atoms with Crippen molar-refractivity contribution in [1.82, 2.24) is 5.32 Å². The molecule has 4 nitrogen and oxygen atoms in total. The lowest BCUT2D eigenvalue weighted by Gasteiger charge is -2.07. The van der Waals surface area contributed by atoms with Gasteiger partial charge >= 0.3 is 5.97 Å². The predicted molar refractivity (Wildman–Crippen MR) is 64.7 cm³/mol. The molecule has 0 saturated heterocycles. The van der Waals surface area contributed by atoms with Crippen LogP contribution in [0.25, 0.3) is 0 Å². The zero-order valence-electron chi connectivity index (χ0n) is 9.86. The number of carbonyl (C=O) groups is 2. The molecule has 0 saturated carbocycles. The molecular formula is C13H15NO3. The summed E-state index contributed by atoms with van der Waals surface area (Å²) in [6, 6.07) is 7.03. The van der Waals surface area contributed by atoms with Crippen molar-refractivity contribution in [1.29, 1.82) is 0 Å². The van der Waals surface area contributed by atoms with Crippen molar-refractivity contribution >= 4 is 11.9 Å². The molecule has 0 aromatic heterocycles. The largest absolute Gasteiger partial charge is 0.477 e. The average molecular weight is 233 g/mol. The van der Waals surface area contributed by atoms with Gasteiger partial charge in [-0.05, 0) is 25.0 Å². The van der Waals surface area contributed by atoms with E-state index >= 15 is 0 Å². The van der Waals surface area contributed by atoms with Gasteiger partial charge in [0.15, 0.2) is 0 Å². The Hall–Kier alpha value is -2.10. The second-order valence-electron chi connectivity index (χ2n) is 3.60. The molecule has 2 N–H and O–H groups in total. The van der Waals surface area contributed by atoms with Crippen molar-refractivity contribution in [2.45, 2.75) is 20.3 Å². The van der Waals surface area contributed by atoms with Gasteiger partial charge in [-0.1, -0.05) is 31.2 Å². The van der Waals surface area contributed by atoms with Crippen LogP contribution in [0.15, 0.2) is 36.0 Å². The lowest BCUT2D eigenvalue weighted by Crippen LogP contribution is -2.27. The summed E-state index contributed by atoms with van der Waals surface area (Å²) in [6.07, 6.45) is 2.02. The second kappa shape index (κ2) is 5.84. The number of amides is 1. The number of hydrogen-bond donors (Lipinski definition) is 2. The van der Waals surface area contributed by atoms with Gasteiger partial charge in [-0.3, -0.25) is 4.79 Å². The fourth-order valence-electron chi connectivity index (χ4n) is 1.41. The fraction of sp³-hybridized carbons (Fsp3) is 0.231. The Morgan fingerprint density at radius 1 is 1.35 bits per heavy atom. The number of aliphatic carboxylic acids is 1. The van der Waals surface area contributed by atoms with Crippen molar-refractivity contribution in [2.75, 3.05) is 0 Å². The number of nitrogens with one attached hydrogen (secondary N) is 1. The molecule has 1 aromatic carbocycles. The lowest BCUT2D eigenvalue weighted by atomic mass is 10.1. The van der Waals surface area contributed by atoms with Crippen LogP contribution in [0.1, 0.15) is 29.3 Å². The fourth-order valence-corrected chi connectivity index (χ4v) is 1.41. The van der Waals surface area contributed by atoms with Gasteiger partial charge in [-0.2, -0.15) is 0 Å². The molecule has 4 heteroatoms. The van der Waals surface area contributed by atoms with E-state index in [0.29, 0.717) is 12.0 Å². The molecule has 0 spiro atoms. The molecule has 0 aliphatic heterocycles. The Kier molecular flexibility index (Phi) is 4.46. The van der Waals surface area contributed by atoms with Gasteiger partial charge in [0.1, 0.15) is 5.70 Å². The summed E-state index contributed by atoms with van der Waals surface area (Å²) in [4.78, 5) is 22.7. The SMILES string of the molecule is CC/C=C(/NC(=O)c1ccccc1C)C(=O)O. The third-order valence-corrected chi connectivity index (χ3v) is 2.28. The minimum Gasteiger partial charge on any atom is -0.477 e. The monoisotopic (exact) mass is 233 g/mol. The third kappa shape index (κ3) is 3.45. The first-order chi connectivity index (χ1) is 8.06. The highest BCUT2D eigenvalue weighted by Crippen LogP contribution is 2.07. The Balaban J connectivity index is 2.89. The number of aryl methyl sites for hydroxylation is 1. The zero-order valence-corrected chi connectivity index (χ0v) is 9.86. The minimum atomic E-state index is -1.13. The first-order valence-corrected chi connectivity index (χ1v) is 5.36. The van der Waals surface area contributed by atoms with Crippen LogP contribution in [-0.4, -0.2) is 17.0 Å². The molecule has 0 aliphatic carbocycles. The summed E-state index contributed by atoms with van der Waals surface area (Å²) in [5.74, 6) is -1.53. The van der Waals surface area contributed by atoms with Crippen molar-refractivity contribution in [3.8, 4) is 0 Å². The van der Waals surface area contributed by atoms with E-state index in [0.717, 1.165) is 5.56 Å². The van der Waals surface area contributed by atoms with Gasteiger partial charge in [0, 0.05) is 5.56 Å². The van der Waals surface area contributed by atoms with Crippen molar-refractivity contribution in [2.24, 2.45) is 0 Å². The Morgan fingerprint density at radius 2 is 2.00 bits per heavy atom. The van der Waals surface area contributed by atoms with E-state index < -0.39 is 11.9 Å². The molecule has 90 valence electrons. The van der Waals surface area contributed by atoms with Gasteiger partial charge in [-0.25, -0.2) is 4.79 Å². The van der Waals surface area contributed by atoms with Crippen molar-refractivity contribution in [3.63, 3.8) is 0 Å². The van der Waals surface area contributed by atoms with E-state index in [1.165, 1.54) is 6.08 Å². The van der Waals surface area contributed by atoms with Crippen LogP contribution in [0, 0.1) is 6.92 Å². The van der Waals surface area contributed by atoms with E-state index in [1.807, 2.05) is 13.0 Å². The van der Waals surface area contributed by atoms with Gasteiger partial charge in [-0.15, -0.1) is 0 Å². The maximum atomic E-state index is 11.8. The molecule has 0 bridgehead atoms. The van der Waals surface area contributed by atoms with Crippen LogP contribution in [0.2, 0.25) is 0 Å². The van der Waals surface area contributed by atoms with Crippen LogP contribution in [-0.2, 0) is 4.79 Å². The molecule has 0 unspecified atom stereocenters. The summed E-state index contributed by atoms with van der Waals surface area (Å²) in [5, 5.41) is 11.3. The van der Waals surface area contributed by atoms with Crippen LogP contribution in [0.5, 0.6) is 0 Å². The van der Waals surface area contributed by atoms with E-state index in [9.17, 15) is 9.59 Å². The number of carboxylic acids is 1. The quantitative estimate of drug-likeness (QED) is 0.783. The predicted octanol–water partition coefficient (Wildman–Crippen LogP) is 2.10. The van der Waals surface area contributed by atoms with Crippen LogP contribution in [0.4, 0.5) is 0 Å². The zero-order chi connectivity index (χ0) is 12.8. The molecule has 0 atom stereocenters. The first-order valence-electron chi connectivity index (χ1n) is 5.36. The topological polar surface area (TPSA) is 66.4 Å². The maximum absolute atomic E-state index is 11.8. The van der Waals surface area contributed by atoms with E-state index in [4.69, 9.17) is 5.11 Å². The van der Waals surface area contributed by atoms with Crippen LogP contribution < -0.4 is 5.32 Å². The molecular weight excluding hydrogens is 218 g/mol. The number of carboxylic acid groups (broad SMARTS) is 1. The number of hydrogen-bond acceptors (Lipinski definition) is 2. The average Bonchev–Trinajstić information content (AvgIpc) is 2.28. The third-order valence-electron chi connectivity index (χ3n) is 2.28. The summed E-state index contributed by atoms with van der Waals surface area (Å²) >= 11 is 0. The molecule has 0 aliphatic rings. The van der Waals surface area contributed by atoms with Gasteiger partial charge in [0.2, 0.25) is 0 Å². The van der Waals surface area contributed by atoms with Gasteiger partial charge in [0.25, 0.3) is 5.91 Å². The number of benzene rings is 1. The molecule has 0 radical (unpaired) electrons. The van der Waals surface area contributed by atoms with Crippen LogP contribution in [0.3, 0.4) is 0 Å². The molecule has 1 amide bonds.